The fourth-order valence-corrected chi connectivity index (χ4v) is 5.19. The number of nitrogens with zero attached hydrogens (tertiary/aromatic N) is 1. The molecule has 1 heterocycles. The van der Waals surface area contributed by atoms with Gasteiger partial charge in [-0.25, -0.2) is 4.79 Å². The maximum atomic E-state index is 13.0. The van der Waals surface area contributed by atoms with Crippen LogP contribution in [0.25, 0.3) is 0 Å². The molecule has 2 N–H and O–H groups in total. The van der Waals surface area contributed by atoms with E-state index in [4.69, 9.17) is 33.0 Å². The predicted octanol–water partition coefficient (Wildman–Crippen LogP) is 5.18. The zero-order valence-corrected chi connectivity index (χ0v) is 19.0. The Labute approximate surface area is 196 Å². The summed E-state index contributed by atoms with van der Waals surface area (Å²) in [6, 6.07) is 9.58. The minimum Gasteiger partial charge on any atom is -0.478 e. The number of aliphatic hydroxyl groups excluding tert-OH is 1. The highest BCUT2D eigenvalue weighted by molar-refractivity contribution is 6.36. The molecule has 2 fully saturated rings. The third-order valence-corrected chi connectivity index (χ3v) is 7.03. The van der Waals surface area contributed by atoms with Gasteiger partial charge in [-0.15, -0.1) is 0 Å². The molecule has 0 spiro atoms. The summed E-state index contributed by atoms with van der Waals surface area (Å²) in [5, 5.41) is 19.6. The van der Waals surface area contributed by atoms with Gasteiger partial charge in [-0.1, -0.05) is 23.2 Å². The zero-order valence-electron chi connectivity index (χ0n) is 17.5. The summed E-state index contributed by atoms with van der Waals surface area (Å²) in [5.41, 5.74) is 0.893. The van der Waals surface area contributed by atoms with Crippen LogP contribution >= 0.6 is 23.2 Å². The first kappa shape index (κ1) is 22.9. The van der Waals surface area contributed by atoms with Crippen molar-refractivity contribution < 1.29 is 24.5 Å². The molecular weight excluding hydrogens is 453 g/mol. The number of carbonyl (C=O) groups is 2. The van der Waals surface area contributed by atoms with Crippen LogP contribution in [0.1, 0.15) is 48.0 Å². The van der Waals surface area contributed by atoms with Crippen molar-refractivity contribution in [2.45, 2.75) is 50.7 Å². The number of carboxylic acids is 1. The number of carboxylic acid groups (broad SMARTS) is 1. The van der Waals surface area contributed by atoms with Crippen molar-refractivity contribution in [3.8, 4) is 11.5 Å². The van der Waals surface area contributed by atoms with Crippen molar-refractivity contribution in [1.82, 2.24) is 4.90 Å². The lowest BCUT2D eigenvalue weighted by Crippen LogP contribution is -2.41. The van der Waals surface area contributed by atoms with Crippen LogP contribution in [-0.2, 0) is 11.2 Å². The van der Waals surface area contributed by atoms with Gasteiger partial charge in [-0.05, 0) is 80.5 Å². The fourth-order valence-electron chi connectivity index (χ4n) is 4.57. The van der Waals surface area contributed by atoms with E-state index in [1.54, 1.807) is 24.3 Å². The number of likely N-dealkylation sites (tertiary alicyclic amines) is 1. The lowest BCUT2D eigenvalue weighted by Gasteiger charge is -2.33. The smallest absolute Gasteiger partial charge is 0.335 e. The summed E-state index contributed by atoms with van der Waals surface area (Å²) in [6.45, 7) is 0.729. The highest BCUT2D eigenvalue weighted by Crippen LogP contribution is 2.37. The van der Waals surface area contributed by atoms with Crippen molar-refractivity contribution in [2.75, 3.05) is 6.54 Å². The highest BCUT2D eigenvalue weighted by Gasteiger charge is 2.37. The second-order valence-corrected chi connectivity index (χ2v) is 9.30. The molecular formula is C24H25Cl2NO5. The number of hydrogen-bond acceptors (Lipinski definition) is 4. The Kier molecular flexibility index (Phi) is 6.93. The van der Waals surface area contributed by atoms with Gasteiger partial charge in [0, 0.05) is 28.5 Å². The van der Waals surface area contributed by atoms with Gasteiger partial charge >= 0.3 is 5.97 Å². The van der Waals surface area contributed by atoms with E-state index >= 15 is 0 Å². The van der Waals surface area contributed by atoms with Crippen LogP contribution in [0.2, 0.25) is 10.0 Å². The molecule has 0 bridgehead atoms. The molecule has 170 valence electrons. The molecule has 2 aliphatic rings. The van der Waals surface area contributed by atoms with E-state index in [0.717, 1.165) is 44.2 Å². The van der Waals surface area contributed by atoms with E-state index < -0.39 is 5.97 Å². The second-order valence-electron chi connectivity index (χ2n) is 8.48. The summed E-state index contributed by atoms with van der Waals surface area (Å²) in [5.74, 6) is -0.126. The second kappa shape index (κ2) is 9.69. The monoisotopic (exact) mass is 477 g/mol. The third-order valence-electron chi connectivity index (χ3n) is 6.36. The maximum Gasteiger partial charge on any atom is 0.335 e. The average Bonchev–Trinajstić information content (AvgIpc) is 3.12. The molecule has 0 aromatic heterocycles. The molecule has 1 unspecified atom stereocenters. The number of hydrogen-bond donors (Lipinski definition) is 2. The highest BCUT2D eigenvalue weighted by atomic mass is 35.5. The number of benzene rings is 2. The first-order chi connectivity index (χ1) is 15.3. The molecule has 6 nitrogen and oxygen atoms in total. The van der Waals surface area contributed by atoms with Crippen LogP contribution in [0.4, 0.5) is 0 Å². The Balaban J connectivity index is 1.42. The van der Waals surface area contributed by atoms with Gasteiger partial charge in [-0.3, -0.25) is 4.79 Å². The molecule has 1 aliphatic heterocycles. The first-order valence-corrected chi connectivity index (χ1v) is 11.5. The van der Waals surface area contributed by atoms with Crippen LogP contribution < -0.4 is 4.74 Å². The maximum absolute atomic E-state index is 13.0. The van der Waals surface area contributed by atoms with Crippen LogP contribution in [0, 0.1) is 5.92 Å². The van der Waals surface area contributed by atoms with Crippen LogP contribution in [0.15, 0.2) is 36.4 Å². The number of ether oxygens (including phenoxy) is 1. The molecule has 0 radical (unpaired) electrons. The zero-order chi connectivity index (χ0) is 22.8. The van der Waals surface area contributed by atoms with Gasteiger partial charge in [0.25, 0.3) is 0 Å². The van der Waals surface area contributed by atoms with Gasteiger partial charge in [0.15, 0.2) is 0 Å². The quantitative estimate of drug-likeness (QED) is 0.598. The minimum atomic E-state index is -1.01. The van der Waals surface area contributed by atoms with E-state index in [2.05, 4.69) is 0 Å². The Hall–Kier alpha value is -2.28. The van der Waals surface area contributed by atoms with E-state index in [0.29, 0.717) is 28.0 Å². The molecule has 1 atom stereocenters. The van der Waals surface area contributed by atoms with Crippen molar-refractivity contribution in [1.29, 1.82) is 0 Å². The Morgan fingerprint density at radius 3 is 2.22 bits per heavy atom. The lowest BCUT2D eigenvalue weighted by atomic mass is 9.92. The van der Waals surface area contributed by atoms with Gasteiger partial charge in [-0.2, -0.15) is 0 Å². The molecule has 1 saturated carbocycles. The molecule has 8 heteroatoms. The normalized spacial score (nSPS) is 23.4. The average molecular weight is 478 g/mol. The number of amides is 1. The van der Waals surface area contributed by atoms with Crippen LogP contribution in [0.5, 0.6) is 11.5 Å². The molecule has 4 rings (SSSR count). The molecule has 32 heavy (non-hydrogen) atoms. The lowest BCUT2D eigenvalue weighted by molar-refractivity contribution is -0.133. The van der Waals surface area contributed by atoms with E-state index in [-0.39, 0.29) is 29.5 Å². The van der Waals surface area contributed by atoms with E-state index in [1.807, 2.05) is 4.90 Å². The molecule has 2 aromatic carbocycles. The topological polar surface area (TPSA) is 87.1 Å². The molecule has 1 amide bonds. The molecule has 1 saturated heterocycles. The van der Waals surface area contributed by atoms with Gasteiger partial charge < -0.3 is 19.8 Å². The minimum absolute atomic E-state index is 0.136. The van der Waals surface area contributed by atoms with Gasteiger partial charge in [0.05, 0.1) is 11.7 Å². The van der Waals surface area contributed by atoms with Crippen molar-refractivity contribution in [3.63, 3.8) is 0 Å². The van der Waals surface area contributed by atoms with Crippen molar-refractivity contribution in [3.05, 3.63) is 57.6 Å². The summed E-state index contributed by atoms with van der Waals surface area (Å²) >= 11 is 13.0. The Morgan fingerprint density at radius 2 is 1.62 bits per heavy atom. The van der Waals surface area contributed by atoms with Gasteiger partial charge in [0.1, 0.15) is 11.5 Å². The number of rotatable bonds is 6. The molecule has 2 aromatic rings. The predicted molar refractivity (Wildman–Crippen MR) is 122 cm³/mol. The van der Waals surface area contributed by atoms with Crippen molar-refractivity contribution in [2.24, 2.45) is 5.92 Å². The van der Waals surface area contributed by atoms with Crippen LogP contribution in [-0.4, -0.2) is 45.7 Å². The summed E-state index contributed by atoms with van der Waals surface area (Å²) < 4.78 is 5.77. The Bertz CT molecular complexity index is 979. The first-order valence-electron chi connectivity index (χ1n) is 10.8. The summed E-state index contributed by atoms with van der Waals surface area (Å²) in [4.78, 5) is 25.9. The largest absolute Gasteiger partial charge is 0.478 e. The summed E-state index contributed by atoms with van der Waals surface area (Å²) in [7, 11) is 0. The number of aromatic carboxylic acids is 1. The third kappa shape index (κ3) is 5.03. The van der Waals surface area contributed by atoms with Crippen LogP contribution in [0.3, 0.4) is 0 Å². The molecule has 1 aliphatic carbocycles. The standard InChI is InChI=1S/C24H25Cl2NO5/c25-21-12-19(32-18-7-1-14(2-8-18)24(30)31)13-22(26)20(21)11-15-9-10-27(23(15)29)16-3-5-17(28)6-4-16/h1-2,7-8,12-13,15-17,28H,3-6,9-11H2,(H,30,31). The Morgan fingerprint density at radius 1 is 1.00 bits per heavy atom. The number of carbonyl (C=O) groups excluding carboxylic acids is 1. The fraction of sp³-hybridized carbons (Fsp3) is 0.417. The number of aliphatic hydroxyl groups is 1. The summed E-state index contributed by atoms with van der Waals surface area (Å²) in [6.07, 6.45) is 4.18. The number of halogens is 2. The SMILES string of the molecule is O=C(O)c1ccc(Oc2cc(Cl)c(CC3CCN(C4CCC(O)CC4)C3=O)c(Cl)c2)cc1. The van der Waals surface area contributed by atoms with Crippen molar-refractivity contribution >= 4 is 35.1 Å². The van der Waals surface area contributed by atoms with E-state index in [9.17, 15) is 14.7 Å². The van der Waals surface area contributed by atoms with E-state index in [1.165, 1.54) is 12.1 Å². The van der Waals surface area contributed by atoms with Gasteiger partial charge in [0.2, 0.25) is 5.91 Å².